The van der Waals surface area contributed by atoms with Crippen LogP contribution < -0.4 is 4.74 Å². The van der Waals surface area contributed by atoms with Crippen LogP contribution in [-0.4, -0.2) is 22.9 Å². The first-order valence-electron chi connectivity index (χ1n) is 5.78. The fourth-order valence-electron chi connectivity index (χ4n) is 2.51. The Kier molecular flexibility index (Phi) is 2.95. The van der Waals surface area contributed by atoms with Gasteiger partial charge in [0.1, 0.15) is 11.4 Å². The van der Waals surface area contributed by atoms with Crippen molar-refractivity contribution in [2.24, 2.45) is 0 Å². The summed E-state index contributed by atoms with van der Waals surface area (Å²) in [5, 5.41) is 0. The number of hydrogen-bond donors (Lipinski definition) is 0. The molecule has 1 saturated heterocycles. The third-order valence-corrected chi connectivity index (χ3v) is 5.14. The standard InChI is InChI=1S/C13H13BrO2S/c14-9-2-3-10-11(15)7-13(16-12(10)6-9)4-1-5-17-8-13/h2-3,6H,1,4-5,7-8H2. The largest absolute Gasteiger partial charge is 0.485 e. The maximum atomic E-state index is 12.2. The van der Waals surface area contributed by atoms with Crippen LogP contribution in [0.1, 0.15) is 29.6 Å². The van der Waals surface area contributed by atoms with Gasteiger partial charge in [0.05, 0.1) is 12.0 Å². The lowest BCUT2D eigenvalue weighted by molar-refractivity contribution is 0.0479. The summed E-state index contributed by atoms with van der Waals surface area (Å²) in [6.07, 6.45) is 2.67. The Balaban J connectivity index is 1.98. The predicted octanol–water partition coefficient (Wildman–Crippen LogP) is 3.68. The van der Waals surface area contributed by atoms with Crippen molar-refractivity contribution in [2.45, 2.75) is 24.9 Å². The van der Waals surface area contributed by atoms with Gasteiger partial charge in [0.2, 0.25) is 0 Å². The summed E-state index contributed by atoms with van der Waals surface area (Å²) in [4.78, 5) is 12.2. The molecule has 0 radical (unpaired) electrons. The van der Waals surface area contributed by atoms with E-state index in [0.717, 1.165) is 34.4 Å². The highest BCUT2D eigenvalue weighted by atomic mass is 79.9. The summed E-state index contributed by atoms with van der Waals surface area (Å²) in [5.74, 6) is 3.09. The van der Waals surface area contributed by atoms with Gasteiger partial charge in [0.15, 0.2) is 5.78 Å². The minimum Gasteiger partial charge on any atom is -0.485 e. The first kappa shape index (κ1) is 11.6. The van der Waals surface area contributed by atoms with Crippen LogP contribution in [0, 0.1) is 0 Å². The lowest BCUT2D eigenvalue weighted by Crippen LogP contribution is -2.46. The van der Waals surface area contributed by atoms with Gasteiger partial charge in [-0.25, -0.2) is 0 Å². The maximum Gasteiger partial charge on any atom is 0.170 e. The van der Waals surface area contributed by atoms with E-state index < -0.39 is 0 Å². The molecule has 0 aliphatic carbocycles. The van der Waals surface area contributed by atoms with Gasteiger partial charge in [-0.2, -0.15) is 11.8 Å². The number of Topliss-reactive ketones (excluding diaryl/α,β-unsaturated/α-hetero) is 1. The average molecular weight is 313 g/mol. The van der Waals surface area contributed by atoms with Crippen molar-refractivity contribution in [3.05, 3.63) is 28.2 Å². The Hall–Kier alpha value is -0.480. The number of benzene rings is 1. The minimum atomic E-state index is -0.242. The SMILES string of the molecule is O=C1CC2(CCCSC2)Oc2cc(Br)ccc21. The molecule has 4 heteroatoms. The van der Waals surface area contributed by atoms with Gasteiger partial charge < -0.3 is 4.74 Å². The van der Waals surface area contributed by atoms with E-state index in [4.69, 9.17) is 4.74 Å². The molecule has 90 valence electrons. The Morgan fingerprint density at radius 3 is 3.06 bits per heavy atom. The Labute approximate surface area is 113 Å². The van der Waals surface area contributed by atoms with Gasteiger partial charge in [0.25, 0.3) is 0 Å². The van der Waals surface area contributed by atoms with Crippen molar-refractivity contribution >= 4 is 33.5 Å². The average Bonchev–Trinajstić information content (AvgIpc) is 2.29. The van der Waals surface area contributed by atoms with Crippen LogP contribution in [0.15, 0.2) is 22.7 Å². The summed E-state index contributed by atoms with van der Waals surface area (Å²) in [6.45, 7) is 0. The number of fused-ring (bicyclic) bond motifs is 1. The van der Waals surface area contributed by atoms with Gasteiger partial charge in [-0.15, -0.1) is 0 Å². The number of hydrogen-bond acceptors (Lipinski definition) is 3. The summed E-state index contributed by atoms with van der Waals surface area (Å²) in [7, 11) is 0. The zero-order valence-corrected chi connectivity index (χ0v) is 11.8. The van der Waals surface area contributed by atoms with Crippen molar-refractivity contribution in [1.82, 2.24) is 0 Å². The number of halogens is 1. The van der Waals surface area contributed by atoms with Gasteiger partial charge in [0, 0.05) is 10.2 Å². The first-order valence-corrected chi connectivity index (χ1v) is 7.73. The van der Waals surface area contributed by atoms with Gasteiger partial charge in [-0.3, -0.25) is 4.79 Å². The lowest BCUT2D eigenvalue weighted by Gasteiger charge is -2.40. The number of carbonyl (C=O) groups is 1. The van der Waals surface area contributed by atoms with Crippen LogP contribution in [0.4, 0.5) is 0 Å². The van der Waals surface area contributed by atoms with Crippen LogP contribution >= 0.6 is 27.7 Å². The molecule has 1 aromatic carbocycles. The molecule has 2 nitrogen and oxygen atoms in total. The van der Waals surface area contributed by atoms with Gasteiger partial charge in [-0.1, -0.05) is 15.9 Å². The predicted molar refractivity (Wildman–Crippen MR) is 73.0 cm³/mol. The van der Waals surface area contributed by atoms with Crippen LogP contribution in [0.25, 0.3) is 0 Å². The molecule has 2 heterocycles. The molecule has 2 aliphatic rings. The number of rotatable bonds is 0. The van der Waals surface area contributed by atoms with E-state index in [1.54, 1.807) is 0 Å². The number of thioether (sulfide) groups is 1. The second-order valence-electron chi connectivity index (χ2n) is 4.68. The molecule has 0 saturated carbocycles. The molecule has 1 fully saturated rings. The van der Waals surface area contributed by atoms with Crippen LogP contribution in [0.5, 0.6) is 5.75 Å². The minimum absolute atomic E-state index is 0.223. The Bertz CT molecular complexity index is 466. The molecule has 1 aromatic rings. The molecule has 1 unspecified atom stereocenters. The molecule has 1 atom stereocenters. The molecule has 0 bridgehead atoms. The first-order chi connectivity index (χ1) is 8.19. The molecule has 1 spiro atoms. The highest BCUT2D eigenvalue weighted by molar-refractivity contribution is 9.10. The number of ketones is 1. The summed E-state index contributed by atoms with van der Waals surface area (Å²) in [6, 6.07) is 5.66. The van der Waals surface area contributed by atoms with Crippen molar-refractivity contribution in [3.63, 3.8) is 0 Å². The third-order valence-electron chi connectivity index (χ3n) is 3.34. The molecule has 2 aliphatic heterocycles. The molecular formula is C13H13BrO2S. The second kappa shape index (κ2) is 4.32. The summed E-state index contributed by atoms with van der Waals surface area (Å²) >= 11 is 5.32. The van der Waals surface area contributed by atoms with Gasteiger partial charge >= 0.3 is 0 Å². The molecule has 0 amide bonds. The van der Waals surface area contributed by atoms with E-state index in [9.17, 15) is 4.79 Å². The van der Waals surface area contributed by atoms with Crippen molar-refractivity contribution < 1.29 is 9.53 Å². The van der Waals surface area contributed by atoms with Crippen LogP contribution in [0.2, 0.25) is 0 Å². The molecule has 17 heavy (non-hydrogen) atoms. The molecule has 3 rings (SSSR count). The monoisotopic (exact) mass is 312 g/mol. The van der Waals surface area contributed by atoms with E-state index in [1.807, 2.05) is 30.0 Å². The van der Waals surface area contributed by atoms with Crippen LogP contribution in [-0.2, 0) is 0 Å². The smallest absolute Gasteiger partial charge is 0.170 e. The summed E-state index contributed by atoms with van der Waals surface area (Å²) in [5.41, 5.74) is 0.489. The fourth-order valence-corrected chi connectivity index (χ4v) is 4.03. The van der Waals surface area contributed by atoms with Gasteiger partial charge in [-0.05, 0) is 36.8 Å². The quantitative estimate of drug-likeness (QED) is 0.731. The highest BCUT2D eigenvalue weighted by Gasteiger charge is 2.41. The third kappa shape index (κ3) is 2.13. The molecule has 0 N–H and O–H groups in total. The maximum absolute atomic E-state index is 12.2. The van der Waals surface area contributed by atoms with E-state index in [0.29, 0.717) is 6.42 Å². The number of carbonyl (C=O) groups excluding carboxylic acids is 1. The van der Waals surface area contributed by atoms with E-state index >= 15 is 0 Å². The van der Waals surface area contributed by atoms with Crippen molar-refractivity contribution in [3.8, 4) is 5.75 Å². The fraction of sp³-hybridized carbons (Fsp3) is 0.462. The second-order valence-corrected chi connectivity index (χ2v) is 6.70. The van der Waals surface area contributed by atoms with E-state index in [-0.39, 0.29) is 11.4 Å². The Morgan fingerprint density at radius 2 is 2.29 bits per heavy atom. The normalized spacial score (nSPS) is 27.7. The van der Waals surface area contributed by atoms with Crippen molar-refractivity contribution in [1.29, 1.82) is 0 Å². The van der Waals surface area contributed by atoms with Crippen molar-refractivity contribution in [2.75, 3.05) is 11.5 Å². The zero-order chi connectivity index (χ0) is 11.9. The van der Waals surface area contributed by atoms with E-state index in [1.165, 1.54) is 5.75 Å². The molecule has 0 aromatic heterocycles. The van der Waals surface area contributed by atoms with E-state index in [2.05, 4.69) is 15.9 Å². The lowest BCUT2D eigenvalue weighted by atomic mass is 9.87. The topological polar surface area (TPSA) is 26.3 Å². The Morgan fingerprint density at radius 1 is 1.41 bits per heavy atom. The highest BCUT2D eigenvalue weighted by Crippen LogP contribution is 2.41. The summed E-state index contributed by atoms with van der Waals surface area (Å²) < 4.78 is 7.10. The molecular weight excluding hydrogens is 300 g/mol. The van der Waals surface area contributed by atoms with Crippen LogP contribution in [0.3, 0.4) is 0 Å². The number of ether oxygens (including phenoxy) is 1. The zero-order valence-electron chi connectivity index (χ0n) is 9.37.